The Kier molecular flexibility index (Phi) is 7.99. The lowest BCUT2D eigenvalue weighted by atomic mass is 10.00. The Balaban J connectivity index is 1.41. The number of phenols is 1. The molecule has 50 heavy (non-hydrogen) atoms. The first-order valence-corrected chi connectivity index (χ1v) is 16.4. The number of pyridine rings is 2. The Hall–Kier alpha value is -6.73. The first-order chi connectivity index (χ1) is 24.5. The van der Waals surface area contributed by atoms with E-state index in [1.807, 2.05) is 80.7 Å². The summed E-state index contributed by atoms with van der Waals surface area (Å²) in [5.74, 6) is 2.20. The minimum atomic E-state index is 0.0914. The molecule has 0 unspecified atom stereocenters. The number of benzene rings is 5. The molecule has 0 radical (unpaired) electrons. The molecule has 0 atom stereocenters. The third-order valence-corrected chi connectivity index (χ3v) is 8.55. The molecule has 0 fully saturated rings. The minimum Gasteiger partial charge on any atom is -0.507 e. The summed E-state index contributed by atoms with van der Waals surface area (Å²) in [5, 5.41) is 13.1. The molecule has 0 aliphatic heterocycles. The highest BCUT2D eigenvalue weighted by Crippen LogP contribution is 2.41. The molecule has 8 rings (SSSR count). The number of hydrogen-bond donors (Lipinski definition) is 1. The standard InChI is InChI=1S/C43H32N6O/c1-28-23-33(24-29(2)45-28)41-46-42(48-43(47-41)37-18-8-9-20-39(37)50)34-25-32(30-13-4-3-5-14-30)26-35(27-34)49(40-21-10-11-22-44-40)38-19-12-16-31-15-6-7-17-36(31)38/h3-27,50H,1-2H3. The maximum atomic E-state index is 10.9. The third kappa shape index (κ3) is 6.04. The second-order valence-corrected chi connectivity index (χ2v) is 12.1. The highest BCUT2D eigenvalue weighted by Gasteiger charge is 2.21. The Bertz CT molecular complexity index is 2460. The van der Waals surface area contributed by atoms with Crippen LogP contribution in [0.3, 0.4) is 0 Å². The third-order valence-electron chi connectivity index (χ3n) is 8.55. The Labute approximate surface area is 290 Å². The van der Waals surface area contributed by atoms with Crippen molar-refractivity contribution < 1.29 is 5.11 Å². The number of para-hydroxylation sites is 1. The number of phenolic OH excluding ortho intramolecular Hbond substituents is 1. The number of anilines is 3. The molecule has 3 heterocycles. The van der Waals surface area contributed by atoms with Crippen LogP contribution in [0.4, 0.5) is 17.2 Å². The van der Waals surface area contributed by atoms with Crippen molar-refractivity contribution in [2.24, 2.45) is 0 Å². The van der Waals surface area contributed by atoms with Crippen LogP contribution in [0.2, 0.25) is 0 Å². The second kappa shape index (κ2) is 13.1. The van der Waals surface area contributed by atoms with Gasteiger partial charge in [0.2, 0.25) is 0 Å². The number of nitrogens with zero attached hydrogens (tertiary/aromatic N) is 6. The number of hydrogen-bond acceptors (Lipinski definition) is 7. The number of rotatable bonds is 7. The van der Waals surface area contributed by atoms with Crippen molar-refractivity contribution >= 4 is 28.0 Å². The van der Waals surface area contributed by atoms with Gasteiger partial charge >= 0.3 is 0 Å². The van der Waals surface area contributed by atoms with Crippen molar-refractivity contribution in [1.29, 1.82) is 0 Å². The van der Waals surface area contributed by atoms with E-state index in [0.29, 0.717) is 23.0 Å². The Morgan fingerprint density at radius 3 is 1.90 bits per heavy atom. The van der Waals surface area contributed by atoms with Crippen molar-refractivity contribution in [3.05, 3.63) is 163 Å². The molecule has 7 heteroatoms. The van der Waals surface area contributed by atoms with Gasteiger partial charge in [0.05, 0.1) is 11.3 Å². The van der Waals surface area contributed by atoms with E-state index in [-0.39, 0.29) is 5.75 Å². The zero-order valence-corrected chi connectivity index (χ0v) is 27.6. The van der Waals surface area contributed by atoms with Crippen molar-refractivity contribution in [3.63, 3.8) is 0 Å². The zero-order valence-electron chi connectivity index (χ0n) is 27.6. The quantitative estimate of drug-likeness (QED) is 0.184. The minimum absolute atomic E-state index is 0.0914. The number of fused-ring (bicyclic) bond motifs is 1. The van der Waals surface area contributed by atoms with Gasteiger partial charge in [-0.1, -0.05) is 84.9 Å². The van der Waals surface area contributed by atoms with E-state index >= 15 is 0 Å². The van der Waals surface area contributed by atoms with E-state index < -0.39 is 0 Å². The topological polar surface area (TPSA) is 87.9 Å². The molecule has 3 aromatic heterocycles. The summed E-state index contributed by atoms with van der Waals surface area (Å²) in [7, 11) is 0. The van der Waals surface area contributed by atoms with Crippen LogP contribution in [0, 0.1) is 13.8 Å². The molecule has 5 aromatic carbocycles. The monoisotopic (exact) mass is 648 g/mol. The summed E-state index contributed by atoms with van der Waals surface area (Å²) in [6.45, 7) is 3.91. The van der Waals surface area contributed by atoms with Crippen molar-refractivity contribution in [2.75, 3.05) is 4.90 Å². The van der Waals surface area contributed by atoms with Gasteiger partial charge in [-0.15, -0.1) is 0 Å². The van der Waals surface area contributed by atoms with E-state index in [1.165, 1.54) is 0 Å². The SMILES string of the molecule is Cc1cc(-c2nc(-c3cc(-c4ccccc4)cc(N(c4ccccn4)c4cccc5ccccc45)c3)nc(-c3ccccc3O)n2)cc(C)n1. The van der Waals surface area contributed by atoms with E-state index in [0.717, 1.165) is 61.6 Å². The molecule has 7 nitrogen and oxygen atoms in total. The smallest absolute Gasteiger partial charge is 0.167 e. The molecule has 240 valence electrons. The molecule has 1 N–H and O–H groups in total. The number of aromatic hydroxyl groups is 1. The zero-order chi connectivity index (χ0) is 34.0. The summed E-state index contributed by atoms with van der Waals surface area (Å²) in [4.78, 5) is 26.5. The van der Waals surface area contributed by atoms with E-state index in [2.05, 4.69) is 82.7 Å². The Morgan fingerprint density at radius 2 is 1.14 bits per heavy atom. The molecule has 0 amide bonds. The average molecular weight is 649 g/mol. The summed E-state index contributed by atoms with van der Waals surface area (Å²) in [5.41, 5.74) is 7.76. The van der Waals surface area contributed by atoms with Crippen LogP contribution >= 0.6 is 0 Å². The van der Waals surface area contributed by atoms with Gasteiger partial charge in [0.15, 0.2) is 17.5 Å². The van der Waals surface area contributed by atoms with Crippen LogP contribution in [0.1, 0.15) is 11.4 Å². The summed E-state index contributed by atoms with van der Waals surface area (Å²) < 4.78 is 0. The predicted molar refractivity (Wildman–Crippen MR) is 200 cm³/mol. The Morgan fingerprint density at radius 1 is 0.500 bits per heavy atom. The first kappa shape index (κ1) is 30.6. The number of aromatic nitrogens is 5. The van der Waals surface area contributed by atoms with Crippen molar-refractivity contribution in [3.8, 4) is 51.0 Å². The van der Waals surface area contributed by atoms with Crippen LogP contribution in [0.25, 0.3) is 56.1 Å². The van der Waals surface area contributed by atoms with Gasteiger partial charge in [0.1, 0.15) is 11.6 Å². The van der Waals surface area contributed by atoms with Gasteiger partial charge in [0, 0.05) is 39.8 Å². The van der Waals surface area contributed by atoms with E-state index in [9.17, 15) is 5.11 Å². The van der Waals surface area contributed by atoms with Gasteiger partial charge in [-0.05, 0) is 91.0 Å². The second-order valence-electron chi connectivity index (χ2n) is 12.1. The fourth-order valence-corrected chi connectivity index (χ4v) is 6.33. The number of aryl methyl sites for hydroxylation is 2. The lowest BCUT2D eigenvalue weighted by Crippen LogP contribution is -2.12. The van der Waals surface area contributed by atoms with Crippen LogP contribution < -0.4 is 4.90 Å². The lowest BCUT2D eigenvalue weighted by molar-refractivity contribution is 0.477. The maximum Gasteiger partial charge on any atom is 0.167 e. The largest absolute Gasteiger partial charge is 0.507 e. The summed E-state index contributed by atoms with van der Waals surface area (Å²) >= 11 is 0. The highest BCUT2D eigenvalue weighted by atomic mass is 16.3. The fraction of sp³-hybridized carbons (Fsp3) is 0.0465. The average Bonchev–Trinajstić information content (AvgIpc) is 3.15. The molecule has 0 saturated carbocycles. The molecule has 8 aromatic rings. The van der Waals surface area contributed by atoms with Gasteiger partial charge in [0.25, 0.3) is 0 Å². The van der Waals surface area contributed by atoms with Crippen LogP contribution in [-0.2, 0) is 0 Å². The molecule has 0 saturated heterocycles. The van der Waals surface area contributed by atoms with Crippen LogP contribution in [0.5, 0.6) is 5.75 Å². The van der Waals surface area contributed by atoms with Gasteiger partial charge in [-0.25, -0.2) is 19.9 Å². The molecular formula is C43H32N6O. The van der Waals surface area contributed by atoms with Crippen molar-refractivity contribution in [1.82, 2.24) is 24.9 Å². The summed E-state index contributed by atoms with van der Waals surface area (Å²) in [6.07, 6.45) is 1.81. The van der Waals surface area contributed by atoms with E-state index in [1.54, 1.807) is 12.1 Å². The van der Waals surface area contributed by atoms with Gasteiger partial charge in [-0.3, -0.25) is 9.88 Å². The van der Waals surface area contributed by atoms with E-state index in [4.69, 9.17) is 19.9 Å². The molecular weight excluding hydrogens is 617 g/mol. The lowest BCUT2D eigenvalue weighted by Gasteiger charge is -2.27. The van der Waals surface area contributed by atoms with Crippen LogP contribution in [-0.4, -0.2) is 30.0 Å². The first-order valence-electron chi connectivity index (χ1n) is 16.4. The molecule has 0 spiro atoms. The predicted octanol–water partition coefficient (Wildman–Crippen LogP) is 10.3. The fourth-order valence-electron chi connectivity index (χ4n) is 6.33. The maximum absolute atomic E-state index is 10.9. The van der Waals surface area contributed by atoms with Crippen molar-refractivity contribution in [2.45, 2.75) is 13.8 Å². The normalized spacial score (nSPS) is 11.1. The molecule has 0 aliphatic rings. The summed E-state index contributed by atoms with van der Waals surface area (Å²) in [6, 6.07) is 48.3. The van der Waals surface area contributed by atoms with Gasteiger partial charge in [-0.2, -0.15) is 0 Å². The molecule has 0 aliphatic carbocycles. The highest BCUT2D eigenvalue weighted by molar-refractivity contribution is 5.99. The molecule has 0 bridgehead atoms. The van der Waals surface area contributed by atoms with Gasteiger partial charge < -0.3 is 5.11 Å². The van der Waals surface area contributed by atoms with Crippen LogP contribution in [0.15, 0.2) is 152 Å².